The molecule has 120 valence electrons. The number of nitrogens with one attached hydrogen (secondary N) is 1. The number of rotatable bonds is 6. The molecule has 0 aliphatic carbocycles. The van der Waals surface area contributed by atoms with E-state index in [1.165, 1.54) is 17.8 Å². The first kappa shape index (κ1) is 17.5. The average molecular weight is 395 g/mol. The van der Waals surface area contributed by atoms with Gasteiger partial charge < -0.3 is 5.32 Å². The van der Waals surface area contributed by atoms with Gasteiger partial charge in [0, 0.05) is 16.3 Å². The van der Waals surface area contributed by atoms with Crippen LogP contribution in [0.5, 0.6) is 0 Å². The Labute approximate surface area is 146 Å². The molecule has 0 aliphatic rings. The van der Waals surface area contributed by atoms with E-state index in [2.05, 4.69) is 21.2 Å². The Balaban J connectivity index is 1.92. The maximum absolute atomic E-state index is 12.0. The fourth-order valence-corrected chi connectivity index (χ4v) is 3.45. The minimum Gasteiger partial charge on any atom is -0.325 e. The maximum atomic E-state index is 12.0. The lowest BCUT2D eigenvalue weighted by molar-refractivity contribution is -0.385. The topological polar surface area (TPSA) is 72.2 Å². The first-order chi connectivity index (χ1) is 11.0. The van der Waals surface area contributed by atoms with Gasteiger partial charge in [-0.1, -0.05) is 40.2 Å². The number of halogens is 1. The van der Waals surface area contributed by atoms with Gasteiger partial charge in [-0.25, -0.2) is 0 Å². The quantitative estimate of drug-likeness (QED) is 0.576. The van der Waals surface area contributed by atoms with Crippen LogP contribution in [-0.2, 0) is 10.5 Å². The van der Waals surface area contributed by atoms with Crippen LogP contribution in [0.25, 0.3) is 0 Å². The first-order valence-electron chi connectivity index (χ1n) is 6.84. The molecule has 2 aromatic rings. The van der Waals surface area contributed by atoms with Crippen molar-refractivity contribution in [1.29, 1.82) is 0 Å². The summed E-state index contributed by atoms with van der Waals surface area (Å²) in [6.07, 6.45) is 0. The highest BCUT2D eigenvalue weighted by Crippen LogP contribution is 2.25. The monoisotopic (exact) mass is 394 g/mol. The van der Waals surface area contributed by atoms with E-state index in [9.17, 15) is 14.9 Å². The molecule has 23 heavy (non-hydrogen) atoms. The van der Waals surface area contributed by atoms with E-state index in [-0.39, 0.29) is 17.3 Å². The van der Waals surface area contributed by atoms with E-state index in [1.54, 1.807) is 19.1 Å². The third-order valence-corrected chi connectivity index (χ3v) is 4.98. The number of anilines is 1. The van der Waals surface area contributed by atoms with Gasteiger partial charge in [0.15, 0.2) is 0 Å². The fraction of sp³-hybridized carbons (Fsp3) is 0.188. The van der Waals surface area contributed by atoms with Crippen molar-refractivity contribution >= 4 is 45.0 Å². The molecule has 5 nitrogen and oxygen atoms in total. The number of nitrogens with zero attached hydrogens (tertiary/aromatic N) is 1. The highest BCUT2D eigenvalue weighted by Gasteiger charge is 2.14. The summed E-state index contributed by atoms with van der Waals surface area (Å²) in [5.41, 5.74) is 2.06. The number of carbonyl (C=O) groups is 1. The van der Waals surface area contributed by atoms with Crippen LogP contribution in [0.3, 0.4) is 0 Å². The number of hydrogen-bond acceptors (Lipinski definition) is 4. The average Bonchev–Trinajstić information content (AvgIpc) is 2.51. The predicted octanol–water partition coefficient (Wildman–Crippen LogP) is 4.54. The number of hydrogen-bond donors (Lipinski definition) is 1. The number of carbonyl (C=O) groups excluding carboxylic acids is 1. The summed E-state index contributed by atoms with van der Waals surface area (Å²) in [5.74, 6) is 0.817. The molecule has 0 fully saturated rings. The van der Waals surface area contributed by atoms with Gasteiger partial charge in [-0.05, 0) is 24.6 Å². The smallest absolute Gasteiger partial charge is 0.274 e. The zero-order valence-corrected chi connectivity index (χ0v) is 14.8. The summed E-state index contributed by atoms with van der Waals surface area (Å²) in [6, 6.07) is 12.5. The third-order valence-electron chi connectivity index (χ3n) is 3.22. The second kappa shape index (κ2) is 8.12. The van der Waals surface area contributed by atoms with Crippen LogP contribution in [0.1, 0.15) is 11.1 Å². The van der Waals surface area contributed by atoms with Crippen molar-refractivity contribution in [3.8, 4) is 0 Å². The van der Waals surface area contributed by atoms with E-state index in [0.717, 1.165) is 10.0 Å². The molecular formula is C16H15BrN2O3S. The zero-order chi connectivity index (χ0) is 16.8. The van der Waals surface area contributed by atoms with Crippen LogP contribution in [0.15, 0.2) is 46.9 Å². The number of thioether (sulfide) groups is 1. The lowest BCUT2D eigenvalue weighted by atomic mass is 10.1. The van der Waals surface area contributed by atoms with Crippen LogP contribution < -0.4 is 5.32 Å². The second-order valence-corrected chi connectivity index (χ2v) is 6.68. The molecule has 0 bridgehead atoms. The van der Waals surface area contributed by atoms with Gasteiger partial charge in [0.2, 0.25) is 5.91 Å². The molecule has 0 radical (unpaired) electrons. The van der Waals surface area contributed by atoms with Gasteiger partial charge in [-0.15, -0.1) is 11.8 Å². The Bertz CT molecular complexity index is 737. The van der Waals surface area contributed by atoms with Gasteiger partial charge >= 0.3 is 0 Å². The van der Waals surface area contributed by atoms with Crippen molar-refractivity contribution < 1.29 is 9.72 Å². The Morgan fingerprint density at radius 2 is 2.00 bits per heavy atom. The van der Waals surface area contributed by atoms with E-state index < -0.39 is 4.92 Å². The van der Waals surface area contributed by atoms with Gasteiger partial charge in [0.1, 0.15) is 0 Å². The van der Waals surface area contributed by atoms with Crippen molar-refractivity contribution in [2.75, 3.05) is 11.1 Å². The number of nitro benzene ring substituents is 1. The van der Waals surface area contributed by atoms with Gasteiger partial charge in [0.25, 0.3) is 5.69 Å². The van der Waals surface area contributed by atoms with E-state index in [0.29, 0.717) is 17.0 Å². The van der Waals surface area contributed by atoms with Crippen LogP contribution in [-0.4, -0.2) is 16.6 Å². The minimum atomic E-state index is -0.452. The third kappa shape index (κ3) is 4.80. The Hall–Kier alpha value is -1.86. The lowest BCUT2D eigenvalue weighted by Crippen LogP contribution is -2.15. The standard InChI is InChI=1S/C16H15BrN2O3S/c1-11-14(7-4-8-15(11)19(21)22)18-16(20)10-23-9-12-5-2-3-6-13(12)17/h2-8H,9-10H2,1H3,(H,18,20). The van der Waals surface area contributed by atoms with Crippen LogP contribution in [0, 0.1) is 17.0 Å². The molecule has 1 N–H and O–H groups in total. The zero-order valence-electron chi connectivity index (χ0n) is 12.4. The van der Waals surface area contributed by atoms with Crippen LogP contribution >= 0.6 is 27.7 Å². The SMILES string of the molecule is Cc1c(NC(=O)CSCc2ccccc2Br)cccc1[N+](=O)[O-]. The molecule has 0 heterocycles. The normalized spacial score (nSPS) is 10.3. The molecule has 0 saturated carbocycles. The summed E-state index contributed by atoms with van der Waals surface area (Å²) in [4.78, 5) is 22.5. The molecule has 0 saturated heterocycles. The van der Waals surface area contributed by atoms with E-state index >= 15 is 0 Å². The molecule has 1 amide bonds. The highest BCUT2D eigenvalue weighted by molar-refractivity contribution is 9.10. The predicted molar refractivity (Wildman–Crippen MR) is 96.8 cm³/mol. The summed E-state index contributed by atoms with van der Waals surface area (Å²) in [7, 11) is 0. The number of nitro groups is 1. The van der Waals surface area contributed by atoms with Gasteiger partial charge in [-0.2, -0.15) is 0 Å². The summed E-state index contributed by atoms with van der Waals surface area (Å²) in [6.45, 7) is 1.63. The molecule has 2 rings (SSSR count). The molecule has 0 spiro atoms. The summed E-state index contributed by atoms with van der Waals surface area (Å²) in [5, 5.41) is 13.6. The molecule has 0 atom stereocenters. The second-order valence-electron chi connectivity index (χ2n) is 4.84. The molecule has 0 aliphatic heterocycles. The Kier molecular flexibility index (Phi) is 6.18. The van der Waals surface area contributed by atoms with Gasteiger partial charge in [0.05, 0.1) is 21.9 Å². The van der Waals surface area contributed by atoms with Crippen molar-refractivity contribution in [2.24, 2.45) is 0 Å². The van der Waals surface area contributed by atoms with E-state index in [1.807, 2.05) is 24.3 Å². The number of amides is 1. The fourth-order valence-electron chi connectivity index (χ4n) is 2.01. The van der Waals surface area contributed by atoms with Crippen molar-refractivity contribution in [3.63, 3.8) is 0 Å². The summed E-state index contributed by atoms with van der Waals surface area (Å²) >= 11 is 4.96. The Morgan fingerprint density at radius 1 is 1.26 bits per heavy atom. The highest BCUT2D eigenvalue weighted by atomic mass is 79.9. The van der Waals surface area contributed by atoms with Crippen LogP contribution in [0.4, 0.5) is 11.4 Å². The minimum absolute atomic E-state index is 0.00340. The maximum Gasteiger partial charge on any atom is 0.274 e. The molecule has 7 heteroatoms. The van der Waals surface area contributed by atoms with Crippen molar-refractivity contribution in [2.45, 2.75) is 12.7 Å². The molecular weight excluding hydrogens is 380 g/mol. The lowest BCUT2D eigenvalue weighted by Gasteiger charge is -2.09. The Morgan fingerprint density at radius 3 is 2.70 bits per heavy atom. The molecule has 2 aromatic carbocycles. The van der Waals surface area contributed by atoms with Gasteiger partial charge in [-0.3, -0.25) is 14.9 Å². The van der Waals surface area contributed by atoms with E-state index in [4.69, 9.17) is 0 Å². The van der Waals surface area contributed by atoms with Crippen molar-refractivity contribution in [3.05, 3.63) is 68.2 Å². The first-order valence-corrected chi connectivity index (χ1v) is 8.79. The molecule has 0 aromatic heterocycles. The van der Waals surface area contributed by atoms with Crippen LogP contribution in [0.2, 0.25) is 0 Å². The molecule has 0 unspecified atom stereocenters. The summed E-state index contributed by atoms with van der Waals surface area (Å²) < 4.78 is 1.02. The number of benzene rings is 2. The van der Waals surface area contributed by atoms with Crippen molar-refractivity contribution in [1.82, 2.24) is 0 Å². The largest absolute Gasteiger partial charge is 0.325 e.